The number of nitrogens with zero attached hydrogens (tertiary/aromatic N) is 3. The Balaban J connectivity index is 1.49. The Bertz CT molecular complexity index is 986. The second kappa shape index (κ2) is 11.4. The summed E-state index contributed by atoms with van der Waals surface area (Å²) in [5.41, 5.74) is 2.84. The highest BCUT2D eigenvalue weighted by molar-refractivity contribution is 6.42. The lowest BCUT2D eigenvalue weighted by Gasteiger charge is -2.33. The second-order valence-electron chi connectivity index (χ2n) is 8.35. The molecule has 1 atom stereocenters. The smallest absolute Gasteiger partial charge is 0.163 e. The zero-order chi connectivity index (χ0) is 23.2. The average molecular weight is 492 g/mol. The quantitative estimate of drug-likeness (QED) is 0.414. The molecule has 0 aliphatic carbocycles. The molecule has 2 heterocycles. The number of fused-ring (bicyclic) bond motifs is 1. The molecular formula is C25H31Cl2N3O3. The van der Waals surface area contributed by atoms with Crippen LogP contribution in [0.2, 0.25) is 10.0 Å². The second-order valence-corrected chi connectivity index (χ2v) is 9.17. The molecule has 2 aromatic rings. The molecule has 2 aliphatic rings. The minimum Gasteiger partial charge on any atom is -0.493 e. The van der Waals surface area contributed by atoms with Crippen LogP contribution in [0.3, 0.4) is 0 Å². The van der Waals surface area contributed by atoms with Crippen molar-refractivity contribution in [2.75, 3.05) is 51.5 Å². The third-order valence-corrected chi connectivity index (χ3v) is 6.74. The molecule has 6 nitrogen and oxygen atoms in total. The number of ether oxygens (including phenoxy) is 3. The summed E-state index contributed by atoms with van der Waals surface area (Å²) >= 11 is 12.4. The molecule has 0 spiro atoms. The topological polar surface area (TPSA) is 46.5 Å². The van der Waals surface area contributed by atoms with Gasteiger partial charge in [0.05, 0.1) is 29.4 Å². The molecule has 2 aliphatic heterocycles. The van der Waals surface area contributed by atoms with Gasteiger partial charge in [-0.1, -0.05) is 43.0 Å². The minimum atomic E-state index is 0.0360. The highest BCUT2D eigenvalue weighted by Crippen LogP contribution is 2.40. The first kappa shape index (κ1) is 24.1. The first-order chi connectivity index (χ1) is 16.1. The molecular weight excluding hydrogens is 461 g/mol. The van der Waals surface area contributed by atoms with Crippen molar-refractivity contribution in [1.82, 2.24) is 4.90 Å². The van der Waals surface area contributed by atoms with Crippen molar-refractivity contribution in [3.8, 4) is 11.5 Å². The van der Waals surface area contributed by atoms with Crippen LogP contribution in [0.4, 0.5) is 11.4 Å². The Kier molecular flexibility index (Phi) is 8.36. The van der Waals surface area contributed by atoms with Crippen molar-refractivity contribution >= 4 is 40.8 Å². The number of rotatable bonds is 9. The summed E-state index contributed by atoms with van der Waals surface area (Å²) < 4.78 is 17.8. The highest BCUT2D eigenvalue weighted by Gasteiger charge is 2.24. The largest absolute Gasteiger partial charge is 0.493 e. The Hall–Kier alpha value is -1.99. The van der Waals surface area contributed by atoms with Crippen molar-refractivity contribution in [1.29, 1.82) is 0 Å². The van der Waals surface area contributed by atoms with Gasteiger partial charge in [-0.25, -0.2) is 0 Å². The standard InChI is InChI=1S/C25H31Cl2N3O3/c1-3-4-5-8-29-9-10-32-20(15-29)16-33-25-13-23-18(11-24(25)31-2)14-28-17-30(23)19-6-7-21(26)22(27)12-19/h6-7,11-14,20H,3-5,8-10,15-17H2,1-2H3. The van der Waals surface area contributed by atoms with E-state index in [9.17, 15) is 0 Å². The fraction of sp³-hybridized carbons (Fsp3) is 0.480. The molecule has 4 rings (SSSR count). The zero-order valence-corrected chi connectivity index (χ0v) is 20.7. The van der Waals surface area contributed by atoms with Crippen LogP contribution in [-0.4, -0.2) is 63.8 Å². The molecule has 0 radical (unpaired) electrons. The molecule has 8 heteroatoms. The molecule has 178 valence electrons. The van der Waals surface area contributed by atoms with Gasteiger partial charge in [-0.3, -0.25) is 9.89 Å². The molecule has 1 unspecified atom stereocenters. The van der Waals surface area contributed by atoms with Crippen molar-refractivity contribution in [2.45, 2.75) is 32.3 Å². The van der Waals surface area contributed by atoms with E-state index in [-0.39, 0.29) is 6.10 Å². The number of hydrogen-bond donors (Lipinski definition) is 0. The van der Waals surface area contributed by atoms with Gasteiger partial charge in [0.25, 0.3) is 0 Å². The number of unbranched alkanes of at least 4 members (excludes halogenated alkanes) is 2. The monoisotopic (exact) mass is 491 g/mol. The lowest BCUT2D eigenvalue weighted by Crippen LogP contribution is -2.45. The van der Waals surface area contributed by atoms with Crippen molar-refractivity contribution in [3.63, 3.8) is 0 Å². The van der Waals surface area contributed by atoms with Gasteiger partial charge in [-0.2, -0.15) is 0 Å². The number of methoxy groups -OCH3 is 1. The van der Waals surface area contributed by atoms with E-state index in [4.69, 9.17) is 37.4 Å². The van der Waals surface area contributed by atoms with Crippen LogP contribution >= 0.6 is 23.2 Å². The van der Waals surface area contributed by atoms with Crippen molar-refractivity contribution in [2.24, 2.45) is 4.99 Å². The van der Waals surface area contributed by atoms with E-state index in [0.29, 0.717) is 34.8 Å². The summed E-state index contributed by atoms with van der Waals surface area (Å²) in [5, 5.41) is 1.03. The van der Waals surface area contributed by atoms with Gasteiger partial charge in [0, 0.05) is 36.6 Å². The summed E-state index contributed by atoms with van der Waals surface area (Å²) in [4.78, 5) is 9.05. The third-order valence-electron chi connectivity index (χ3n) is 6.00. The van der Waals surface area contributed by atoms with Crippen LogP contribution in [0.5, 0.6) is 11.5 Å². The molecule has 1 saturated heterocycles. The lowest BCUT2D eigenvalue weighted by molar-refractivity contribution is -0.0484. The van der Waals surface area contributed by atoms with Crippen molar-refractivity contribution < 1.29 is 14.2 Å². The molecule has 0 aromatic heterocycles. The van der Waals surface area contributed by atoms with Gasteiger partial charge in [-0.15, -0.1) is 0 Å². The maximum absolute atomic E-state index is 6.27. The highest BCUT2D eigenvalue weighted by atomic mass is 35.5. The van der Waals surface area contributed by atoms with Gasteiger partial charge in [0.15, 0.2) is 11.5 Å². The van der Waals surface area contributed by atoms with Gasteiger partial charge >= 0.3 is 0 Å². The summed E-state index contributed by atoms with van der Waals surface area (Å²) in [6, 6.07) is 9.54. The summed E-state index contributed by atoms with van der Waals surface area (Å²) in [6.45, 7) is 6.92. The molecule has 2 aromatic carbocycles. The number of benzene rings is 2. The van der Waals surface area contributed by atoms with E-state index >= 15 is 0 Å². The molecule has 33 heavy (non-hydrogen) atoms. The van der Waals surface area contributed by atoms with E-state index in [1.54, 1.807) is 13.2 Å². The molecule has 0 bridgehead atoms. The van der Waals surface area contributed by atoms with Crippen LogP contribution in [0.25, 0.3) is 0 Å². The predicted molar refractivity (Wildman–Crippen MR) is 135 cm³/mol. The molecule has 0 N–H and O–H groups in total. The minimum absolute atomic E-state index is 0.0360. The zero-order valence-electron chi connectivity index (χ0n) is 19.2. The van der Waals surface area contributed by atoms with Crippen LogP contribution in [0.1, 0.15) is 31.7 Å². The van der Waals surface area contributed by atoms with Crippen molar-refractivity contribution in [3.05, 3.63) is 45.9 Å². The third kappa shape index (κ3) is 5.93. The van der Waals surface area contributed by atoms with Gasteiger partial charge in [0.2, 0.25) is 0 Å². The van der Waals surface area contributed by atoms with Gasteiger partial charge < -0.3 is 19.1 Å². The fourth-order valence-corrected chi connectivity index (χ4v) is 4.49. The van der Waals surface area contributed by atoms with E-state index in [1.165, 1.54) is 19.3 Å². The number of morpholine rings is 1. The molecule has 1 fully saturated rings. The van der Waals surface area contributed by atoms with Gasteiger partial charge in [-0.05, 0) is 37.2 Å². The number of aliphatic imine (C=N–C) groups is 1. The van der Waals surface area contributed by atoms with E-state index in [1.807, 2.05) is 30.5 Å². The first-order valence-electron chi connectivity index (χ1n) is 11.5. The maximum atomic E-state index is 6.27. The van der Waals surface area contributed by atoms with E-state index in [2.05, 4.69) is 21.7 Å². The normalized spacial score (nSPS) is 18.3. The van der Waals surface area contributed by atoms with Crippen LogP contribution in [0, 0.1) is 0 Å². The summed E-state index contributed by atoms with van der Waals surface area (Å²) in [7, 11) is 1.65. The Labute approximate surface area is 206 Å². The Morgan fingerprint density at radius 3 is 2.79 bits per heavy atom. The summed E-state index contributed by atoms with van der Waals surface area (Å²) in [5.74, 6) is 1.36. The number of halogens is 2. The molecule has 0 amide bonds. The number of hydrogen-bond acceptors (Lipinski definition) is 6. The maximum Gasteiger partial charge on any atom is 0.163 e. The van der Waals surface area contributed by atoms with E-state index in [0.717, 1.165) is 43.2 Å². The lowest BCUT2D eigenvalue weighted by atomic mass is 10.1. The predicted octanol–water partition coefficient (Wildman–Crippen LogP) is 5.80. The van der Waals surface area contributed by atoms with Crippen LogP contribution < -0.4 is 14.4 Å². The number of anilines is 2. The Morgan fingerprint density at radius 2 is 2.00 bits per heavy atom. The van der Waals surface area contributed by atoms with Crippen LogP contribution in [-0.2, 0) is 4.74 Å². The summed E-state index contributed by atoms with van der Waals surface area (Å²) in [6.07, 6.45) is 5.62. The Morgan fingerprint density at radius 1 is 1.12 bits per heavy atom. The average Bonchev–Trinajstić information content (AvgIpc) is 2.84. The fourth-order valence-electron chi connectivity index (χ4n) is 4.20. The first-order valence-corrected chi connectivity index (χ1v) is 12.3. The molecule has 0 saturated carbocycles. The SMILES string of the molecule is CCCCCN1CCOC(COc2cc3c(cc2OC)C=NCN3c2ccc(Cl)c(Cl)c2)C1. The van der Waals surface area contributed by atoms with Gasteiger partial charge in [0.1, 0.15) is 19.4 Å². The van der Waals surface area contributed by atoms with Crippen LogP contribution in [0.15, 0.2) is 35.3 Å². The van der Waals surface area contributed by atoms with E-state index < -0.39 is 0 Å².